The maximum atomic E-state index is 8.52. The van der Waals surface area contributed by atoms with Crippen molar-refractivity contribution in [2.24, 2.45) is 0 Å². The van der Waals surface area contributed by atoms with Gasteiger partial charge in [0.15, 0.2) is 0 Å². The first-order valence-electron chi connectivity index (χ1n) is 1.22. The van der Waals surface area contributed by atoms with E-state index in [1.807, 2.05) is 0 Å². The molecule has 0 aliphatic heterocycles. The van der Waals surface area contributed by atoms with Crippen LogP contribution in [0, 0.1) is 0 Å². The molecular weight excluding hydrogens is 584 g/mol. The molecule has 0 aliphatic rings. The Labute approximate surface area is 134 Å². The fourth-order valence-corrected chi connectivity index (χ4v) is 0. The molecule has 12 heteroatoms. The normalized spacial score (nSPS) is 4.00. The molecule has 0 N–H and O–H groups in total. The van der Waals surface area contributed by atoms with Crippen LogP contribution in [0.4, 0.5) is 0 Å². The zero-order chi connectivity index (χ0) is 7.15. The van der Waals surface area contributed by atoms with Crippen LogP contribution in [0.15, 0.2) is 0 Å². The van der Waals surface area contributed by atoms with E-state index in [0.717, 1.165) is 0 Å². The average Bonchev–Trinajstić information content (AvgIpc) is 1.25. The van der Waals surface area contributed by atoms with Crippen LogP contribution in [-0.4, -0.2) is 18.3 Å². The Hall–Kier alpha value is 2.19. The molecule has 88 valence electrons. The third kappa shape index (κ3) is 317. The molecule has 0 radical (unpaired) electrons. The summed E-state index contributed by atoms with van der Waals surface area (Å²) in [6.45, 7) is 0. The predicted molar refractivity (Wildman–Crippen MR) is 12.9 cm³/mol. The maximum absolute atomic E-state index is 8.52. The van der Waals surface area contributed by atoms with E-state index in [9.17, 15) is 0 Å². The van der Waals surface area contributed by atoms with Gasteiger partial charge in [0, 0.05) is 18.3 Å². The van der Waals surface area contributed by atoms with Gasteiger partial charge in [0.1, 0.15) is 0 Å². The van der Waals surface area contributed by atoms with Gasteiger partial charge in [0.25, 0.3) is 0 Å². The molecule has 0 aromatic carbocycles. The third-order valence-corrected chi connectivity index (χ3v) is 0. The van der Waals surface area contributed by atoms with Crippen LogP contribution in [-0.2, 0) is 98.4 Å². The largest absolute Gasteiger partial charge is 1.00 e. The van der Waals surface area contributed by atoms with Gasteiger partial charge in [-0.3, -0.25) is 0 Å². The standard InChI is InChI=1S/4Ag.2O3Si/c;;;;2*1-4(2)3/q4*+1;2*-2. The number of rotatable bonds is 0. The van der Waals surface area contributed by atoms with Crippen LogP contribution in [0.25, 0.3) is 0 Å². The molecular formula is Ag4O6Si2. The fourth-order valence-electron chi connectivity index (χ4n) is 0. The smallest absolute Gasteiger partial charge is 0.672 e. The van der Waals surface area contributed by atoms with E-state index in [1.54, 1.807) is 0 Å². The first kappa shape index (κ1) is 36.8. The van der Waals surface area contributed by atoms with E-state index in [4.69, 9.17) is 28.1 Å². The summed E-state index contributed by atoms with van der Waals surface area (Å²) in [6, 6.07) is 0. The maximum Gasteiger partial charge on any atom is 1.00 e. The van der Waals surface area contributed by atoms with Gasteiger partial charge in [-0.15, -0.1) is 0 Å². The summed E-state index contributed by atoms with van der Waals surface area (Å²) in [5, 5.41) is 0. The summed E-state index contributed by atoms with van der Waals surface area (Å²) < 4.78 is 17.0. The Morgan fingerprint density at radius 3 is 0.583 bits per heavy atom. The Balaban J connectivity index is -0.0000000112. The molecule has 0 saturated carbocycles. The summed E-state index contributed by atoms with van der Waals surface area (Å²) in [6.07, 6.45) is 0. The van der Waals surface area contributed by atoms with Crippen molar-refractivity contribution in [3.8, 4) is 0 Å². The van der Waals surface area contributed by atoms with Crippen molar-refractivity contribution < 1.29 is 118 Å². The van der Waals surface area contributed by atoms with E-state index in [1.165, 1.54) is 0 Å². The minimum atomic E-state index is -3.63. The summed E-state index contributed by atoms with van der Waals surface area (Å²) in [4.78, 5) is 34.1. The van der Waals surface area contributed by atoms with Gasteiger partial charge in [0.05, 0.1) is 0 Å². The SMILES string of the molecule is O=[Si]([O-])[O-].O=[Si]([O-])[O-].[Ag+].[Ag+].[Ag+].[Ag+]. The van der Waals surface area contributed by atoms with E-state index in [-0.39, 0.29) is 89.5 Å². The molecule has 0 aliphatic carbocycles. The second kappa shape index (κ2) is 29.2. The fraction of sp³-hybridized carbons (Fsp3) is 0. The topological polar surface area (TPSA) is 126 Å². The molecule has 12 heavy (non-hydrogen) atoms. The van der Waals surface area contributed by atoms with Crippen molar-refractivity contribution in [3.05, 3.63) is 0 Å². The quantitative estimate of drug-likeness (QED) is 0.262. The van der Waals surface area contributed by atoms with Crippen molar-refractivity contribution in [2.75, 3.05) is 0 Å². The molecule has 0 amide bonds. The van der Waals surface area contributed by atoms with E-state index >= 15 is 0 Å². The van der Waals surface area contributed by atoms with Crippen molar-refractivity contribution in [1.82, 2.24) is 0 Å². The van der Waals surface area contributed by atoms with E-state index < -0.39 is 18.3 Å². The van der Waals surface area contributed by atoms with Crippen LogP contribution < -0.4 is 19.2 Å². The van der Waals surface area contributed by atoms with Crippen molar-refractivity contribution in [3.63, 3.8) is 0 Å². The minimum Gasteiger partial charge on any atom is -0.672 e. The van der Waals surface area contributed by atoms with E-state index in [0.29, 0.717) is 0 Å². The van der Waals surface area contributed by atoms with Gasteiger partial charge < -0.3 is 28.1 Å². The van der Waals surface area contributed by atoms with Gasteiger partial charge in [0.2, 0.25) is 0 Å². The first-order chi connectivity index (χ1) is 3.46. The van der Waals surface area contributed by atoms with Gasteiger partial charge in [-0.1, -0.05) is 0 Å². The third-order valence-electron chi connectivity index (χ3n) is 0. The number of hydrogen-bond donors (Lipinski definition) is 0. The molecule has 0 saturated heterocycles. The summed E-state index contributed by atoms with van der Waals surface area (Å²) in [7, 11) is -7.26. The summed E-state index contributed by atoms with van der Waals surface area (Å²) in [5.41, 5.74) is 0. The van der Waals surface area contributed by atoms with Crippen molar-refractivity contribution >= 4 is 18.3 Å². The van der Waals surface area contributed by atoms with Crippen molar-refractivity contribution in [1.29, 1.82) is 0 Å². The molecule has 6 nitrogen and oxygen atoms in total. The van der Waals surface area contributed by atoms with Gasteiger partial charge in [-0.05, 0) is 0 Å². The average molecular weight is 584 g/mol. The van der Waals surface area contributed by atoms with E-state index in [2.05, 4.69) is 0 Å². The second-order valence-electron chi connectivity index (χ2n) is 0.500. The molecule has 0 spiro atoms. The van der Waals surface area contributed by atoms with Gasteiger partial charge in [-0.25, -0.2) is 0 Å². The van der Waals surface area contributed by atoms with Gasteiger partial charge in [-0.2, -0.15) is 0 Å². The molecule has 0 heterocycles. The molecule has 0 rings (SSSR count). The van der Waals surface area contributed by atoms with Crippen LogP contribution >= 0.6 is 0 Å². The van der Waals surface area contributed by atoms with Crippen molar-refractivity contribution in [2.45, 2.75) is 0 Å². The molecule has 0 unspecified atom stereocenters. The predicted octanol–water partition coefficient (Wildman–Crippen LogP) is -5.77. The molecule has 0 aromatic rings. The summed E-state index contributed by atoms with van der Waals surface area (Å²) >= 11 is 0. The van der Waals surface area contributed by atoms with Gasteiger partial charge >= 0.3 is 89.5 Å². The Bertz CT molecular complexity index is 75.5. The minimum absolute atomic E-state index is 0. The molecule has 0 fully saturated rings. The Morgan fingerprint density at radius 1 is 0.583 bits per heavy atom. The molecule has 0 aromatic heterocycles. The zero-order valence-electron chi connectivity index (χ0n) is 4.66. The molecule has 0 bridgehead atoms. The van der Waals surface area contributed by atoms with Crippen LogP contribution in [0.3, 0.4) is 0 Å². The van der Waals surface area contributed by atoms with Crippen LogP contribution in [0.2, 0.25) is 0 Å². The monoisotopic (exact) mass is 580 g/mol. The van der Waals surface area contributed by atoms with Crippen LogP contribution in [0.1, 0.15) is 0 Å². The number of hydrogen-bond acceptors (Lipinski definition) is 6. The first-order valence-corrected chi connectivity index (χ1v) is 3.67. The zero-order valence-corrected chi connectivity index (χ0v) is 12.6. The van der Waals surface area contributed by atoms with Crippen LogP contribution in [0.5, 0.6) is 0 Å². The molecule has 0 atom stereocenters. The Morgan fingerprint density at radius 2 is 0.583 bits per heavy atom. The summed E-state index contributed by atoms with van der Waals surface area (Å²) in [5.74, 6) is 0. The second-order valence-corrected chi connectivity index (χ2v) is 1.50. The Kier molecular flexibility index (Phi) is 89.6.